The van der Waals surface area contributed by atoms with Gasteiger partial charge in [-0.25, -0.2) is 9.59 Å². The van der Waals surface area contributed by atoms with Gasteiger partial charge >= 0.3 is 11.9 Å². The Labute approximate surface area is 207 Å². The standard InChI is InChI=1S/C26H39N3O6/c1-6-26(12-7-8-13-29(5)16-26)19-10-9-11-20(14-19)35-25(34)21(27-18(4)30)15-22(31)28-23(17(2)3)24(32)33/h9-11,14,17,21,23H,6-8,12-13,15-16H2,1-5H3,(H,27,30)(H,28,31)(H,32,33)/t21-,23-,26?/m0/s1. The van der Waals surface area contributed by atoms with Crippen molar-refractivity contribution in [3.05, 3.63) is 29.8 Å². The molecule has 1 unspecified atom stereocenters. The molecule has 0 aliphatic carbocycles. The zero-order valence-corrected chi connectivity index (χ0v) is 21.4. The number of likely N-dealkylation sites (tertiary alicyclic amines) is 1. The first-order valence-corrected chi connectivity index (χ1v) is 12.3. The number of ether oxygens (including phenoxy) is 1. The Hall–Kier alpha value is -2.94. The van der Waals surface area contributed by atoms with Gasteiger partial charge in [0.15, 0.2) is 0 Å². The number of benzene rings is 1. The molecule has 0 aromatic heterocycles. The smallest absolute Gasteiger partial charge is 0.334 e. The SMILES string of the molecule is CCC1(c2cccc(OC(=O)[C@H](CC(=O)N[C@H](C(=O)O)C(C)C)NC(C)=O)c2)CCCCN(C)C1. The van der Waals surface area contributed by atoms with Crippen LogP contribution in [0.1, 0.15) is 65.4 Å². The third-order valence-electron chi connectivity index (χ3n) is 6.66. The minimum absolute atomic E-state index is 0.0483. The molecule has 1 aliphatic rings. The average molecular weight is 490 g/mol. The van der Waals surface area contributed by atoms with Gasteiger partial charge in [-0.2, -0.15) is 0 Å². The number of carbonyl (C=O) groups excluding carboxylic acids is 3. The summed E-state index contributed by atoms with van der Waals surface area (Å²) in [5.74, 6) is -3.13. The number of carbonyl (C=O) groups is 4. The number of esters is 1. The molecule has 1 aromatic carbocycles. The summed E-state index contributed by atoms with van der Waals surface area (Å²) >= 11 is 0. The molecule has 1 aromatic rings. The lowest BCUT2D eigenvalue weighted by Gasteiger charge is -2.35. The molecule has 3 atom stereocenters. The van der Waals surface area contributed by atoms with Crippen LogP contribution in [0, 0.1) is 5.92 Å². The molecule has 1 saturated heterocycles. The van der Waals surface area contributed by atoms with Crippen molar-refractivity contribution in [3.8, 4) is 5.75 Å². The summed E-state index contributed by atoms with van der Waals surface area (Å²) in [6, 6.07) is 5.09. The number of amides is 2. The monoisotopic (exact) mass is 489 g/mol. The number of hydrogen-bond acceptors (Lipinski definition) is 6. The van der Waals surface area contributed by atoms with Crippen LogP contribution in [0.3, 0.4) is 0 Å². The van der Waals surface area contributed by atoms with Crippen molar-refractivity contribution >= 4 is 23.8 Å². The Kier molecular flexibility index (Phi) is 10.2. The molecule has 2 amide bonds. The molecule has 0 radical (unpaired) electrons. The highest BCUT2D eigenvalue weighted by Crippen LogP contribution is 2.37. The third kappa shape index (κ3) is 8.06. The van der Waals surface area contributed by atoms with Crippen molar-refractivity contribution in [2.75, 3.05) is 20.1 Å². The number of rotatable bonds is 10. The van der Waals surface area contributed by atoms with Gasteiger partial charge in [-0.1, -0.05) is 39.3 Å². The molecule has 2 rings (SSSR count). The lowest BCUT2D eigenvalue weighted by atomic mass is 9.74. The molecule has 3 N–H and O–H groups in total. The van der Waals surface area contributed by atoms with Gasteiger partial charge in [-0.05, 0) is 56.5 Å². The van der Waals surface area contributed by atoms with Gasteiger partial charge < -0.3 is 25.4 Å². The third-order valence-corrected chi connectivity index (χ3v) is 6.66. The molecule has 9 heteroatoms. The van der Waals surface area contributed by atoms with Crippen molar-refractivity contribution in [3.63, 3.8) is 0 Å². The molecule has 1 heterocycles. The van der Waals surface area contributed by atoms with Crippen molar-refractivity contribution in [2.45, 2.75) is 77.3 Å². The first-order valence-electron chi connectivity index (χ1n) is 12.3. The van der Waals surface area contributed by atoms with E-state index < -0.39 is 42.3 Å². The summed E-state index contributed by atoms with van der Waals surface area (Å²) in [7, 11) is 2.12. The quantitative estimate of drug-likeness (QED) is 0.341. The Morgan fingerprint density at radius 2 is 1.89 bits per heavy atom. The maximum absolute atomic E-state index is 12.9. The molecule has 35 heavy (non-hydrogen) atoms. The van der Waals surface area contributed by atoms with Gasteiger partial charge in [0, 0.05) is 18.9 Å². The average Bonchev–Trinajstić information content (AvgIpc) is 2.98. The maximum atomic E-state index is 12.9. The van der Waals surface area contributed by atoms with E-state index in [0.717, 1.165) is 44.3 Å². The predicted octanol–water partition coefficient (Wildman–Crippen LogP) is 2.48. The van der Waals surface area contributed by atoms with E-state index in [1.807, 2.05) is 12.1 Å². The van der Waals surface area contributed by atoms with Crippen molar-refractivity contribution in [1.29, 1.82) is 0 Å². The van der Waals surface area contributed by atoms with Crippen LogP contribution < -0.4 is 15.4 Å². The van der Waals surface area contributed by atoms with E-state index in [1.165, 1.54) is 6.92 Å². The predicted molar refractivity (Wildman–Crippen MR) is 132 cm³/mol. The van der Waals surface area contributed by atoms with Gasteiger partial charge in [0.05, 0.1) is 6.42 Å². The van der Waals surface area contributed by atoms with E-state index in [4.69, 9.17) is 4.74 Å². The van der Waals surface area contributed by atoms with Crippen LogP contribution in [0.4, 0.5) is 0 Å². The van der Waals surface area contributed by atoms with E-state index in [-0.39, 0.29) is 11.3 Å². The molecular formula is C26H39N3O6. The summed E-state index contributed by atoms with van der Waals surface area (Å²) in [6.45, 7) is 8.71. The van der Waals surface area contributed by atoms with E-state index >= 15 is 0 Å². The first kappa shape index (κ1) is 28.3. The van der Waals surface area contributed by atoms with Crippen molar-refractivity contribution in [1.82, 2.24) is 15.5 Å². The number of nitrogens with zero attached hydrogens (tertiary/aromatic N) is 1. The topological polar surface area (TPSA) is 125 Å². The molecular weight excluding hydrogens is 450 g/mol. The fraction of sp³-hybridized carbons (Fsp3) is 0.615. The summed E-state index contributed by atoms with van der Waals surface area (Å²) in [4.78, 5) is 50.8. The van der Waals surface area contributed by atoms with Crippen LogP contribution in [-0.2, 0) is 24.6 Å². The minimum Gasteiger partial charge on any atom is -0.480 e. The van der Waals surface area contributed by atoms with Crippen LogP contribution in [0.2, 0.25) is 0 Å². The Balaban J connectivity index is 2.19. The molecule has 0 bridgehead atoms. The number of aliphatic carboxylic acids is 1. The molecule has 0 spiro atoms. The van der Waals surface area contributed by atoms with Crippen molar-refractivity contribution in [2.24, 2.45) is 5.92 Å². The first-order chi connectivity index (χ1) is 16.5. The molecule has 194 valence electrons. The zero-order valence-electron chi connectivity index (χ0n) is 21.4. The van der Waals surface area contributed by atoms with E-state index in [2.05, 4.69) is 35.6 Å². The summed E-state index contributed by atoms with van der Waals surface area (Å²) in [5.41, 5.74) is 1.04. The van der Waals surface area contributed by atoms with Gasteiger partial charge in [0.25, 0.3) is 0 Å². The number of hydrogen-bond donors (Lipinski definition) is 3. The lowest BCUT2D eigenvalue weighted by Crippen LogP contribution is -2.49. The number of nitrogens with one attached hydrogen (secondary N) is 2. The molecule has 1 aliphatic heterocycles. The van der Waals surface area contributed by atoms with Gasteiger partial charge in [-0.3, -0.25) is 9.59 Å². The Morgan fingerprint density at radius 1 is 1.17 bits per heavy atom. The van der Waals surface area contributed by atoms with E-state index in [0.29, 0.717) is 5.75 Å². The fourth-order valence-electron chi connectivity index (χ4n) is 4.69. The molecule has 1 fully saturated rings. The molecule has 0 saturated carbocycles. The zero-order chi connectivity index (χ0) is 26.2. The summed E-state index contributed by atoms with van der Waals surface area (Å²) in [5, 5.41) is 14.2. The van der Waals surface area contributed by atoms with Gasteiger partial charge in [0.1, 0.15) is 17.8 Å². The maximum Gasteiger partial charge on any atom is 0.334 e. The van der Waals surface area contributed by atoms with Crippen LogP contribution in [0.15, 0.2) is 24.3 Å². The normalized spacial score (nSPS) is 20.4. The highest BCUT2D eigenvalue weighted by atomic mass is 16.5. The van der Waals surface area contributed by atoms with Crippen LogP contribution in [-0.4, -0.2) is 66.0 Å². The lowest BCUT2D eigenvalue weighted by molar-refractivity contribution is -0.144. The number of carboxylic acids is 1. The van der Waals surface area contributed by atoms with E-state index in [1.54, 1.807) is 19.9 Å². The van der Waals surface area contributed by atoms with Gasteiger partial charge in [-0.15, -0.1) is 0 Å². The second-order valence-electron chi connectivity index (χ2n) is 9.86. The van der Waals surface area contributed by atoms with Crippen LogP contribution >= 0.6 is 0 Å². The highest BCUT2D eigenvalue weighted by molar-refractivity contribution is 5.91. The number of carboxylic acid groups (broad SMARTS) is 1. The highest BCUT2D eigenvalue weighted by Gasteiger charge is 2.34. The van der Waals surface area contributed by atoms with Crippen LogP contribution in [0.25, 0.3) is 0 Å². The van der Waals surface area contributed by atoms with Crippen molar-refractivity contribution < 1.29 is 29.0 Å². The summed E-state index contributed by atoms with van der Waals surface area (Å²) in [6.07, 6.45) is 3.82. The minimum atomic E-state index is -1.25. The van der Waals surface area contributed by atoms with Crippen LogP contribution in [0.5, 0.6) is 5.75 Å². The number of likely N-dealkylation sites (N-methyl/N-ethyl adjacent to an activating group) is 1. The summed E-state index contributed by atoms with van der Waals surface area (Å²) < 4.78 is 5.59. The van der Waals surface area contributed by atoms with E-state index in [9.17, 15) is 24.3 Å². The largest absolute Gasteiger partial charge is 0.480 e. The fourth-order valence-corrected chi connectivity index (χ4v) is 4.69. The second-order valence-corrected chi connectivity index (χ2v) is 9.86. The molecule has 9 nitrogen and oxygen atoms in total. The van der Waals surface area contributed by atoms with Gasteiger partial charge in [0.2, 0.25) is 11.8 Å². The Bertz CT molecular complexity index is 918. The Morgan fingerprint density at radius 3 is 2.49 bits per heavy atom. The second kappa shape index (κ2) is 12.7.